The molecule has 0 bridgehead atoms. The number of nitrogens with zero attached hydrogens (tertiary/aromatic N) is 4. The van der Waals surface area contributed by atoms with Crippen LogP contribution in [0.2, 0.25) is 0 Å². The SMILES string of the molecule is CC(=O)N1CCN(c2ccc(NC(=O)n3nccc3NC(=O)c3cccc(OC(C)C)c3)cc2)CC1. The largest absolute Gasteiger partial charge is 0.491 e. The van der Waals surface area contributed by atoms with Crippen molar-refractivity contribution in [3.05, 3.63) is 66.4 Å². The van der Waals surface area contributed by atoms with Crippen LogP contribution in [0.3, 0.4) is 0 Å². The average molecular weight is 491 g/mol. The van der Waals surface area contributed by atoms with Gasteiger partial charge in [-0.3, -0.25) is 9.59 Å². The molecule has 2 aromatic carbocycles. The van der Waals surface area contributed by atoms with Gasteiger partial charge in [0.1, 0.15) is 11.6 Å². The molecule has 3 amide bonds. The van der Waals surface area contributed by atoms with Crippen molar-refractivity contribution in [2.75, 3.05) is 41.7 Å². The maximum atomic E-state index is 12.8. The summed E-state index contributed by atoms with van der Waals surface area (Å²) >= 11 is 0. The van der Waals surface area contributed by atoms with Gasteiger partial charge in [0.05, 0.1) is 12.3 Å². The van der Waals surface area contributed by atoms with Crippen LogP contribution in [0, 0.1) is 0 Å². The van der Waals surface area contributed by atoms with E-state index in [9.17, 15) is 14.4 Å². The van der Waals surface area contributed by atoms with E-state index in [2.05, 4.69) is 20.6 Å². The molecule has 1 fully saturated rings. The van der Waals surface area contributed by atoms with Crippen molar-refractivity contribution in [2.24, 2.45) is 0 Å². The van der Waals surface area contributed by atoms with E-state index in [0.29, 0.717) is 30.1 Å². The maximum absolute atomic E-state index is 12.8. The normalized spacial score (nSPS) is 13.4. The molecule has 188 valence electrons. The zero-order valence-corrected chi connectivity index (χ0v) is 20.6. The van der Waals surface area contributed by atoms with Crippen molar-refractivity contribution in [3.8, 4) is 5.75 Å². The second-order valence-electron chi connectivity index (χ2n) is 8.75. The predicted molar refractivity (Wildman–Crippen MR) is 138 cm³/mol. The van der Waals surface area contributed by atoms with E-state index < -0.39 is 6.03 Å². The van der Waals surface area contributed by atoms with E-state index in [1.807, 2.05) is 43.0 Å². The Labute approximate surface area is 209 Å². The highest BCUT2D eigenvalue weighted by molar-refractivity contribution is 6.05. The number of rotatable bonds is 6. The first-order valence-electron chi connectivity index (χ1n) is 11.8. The second-order valence-corrected chi connectivity index (χ2v) is 8.75. The fourth-order valence-electron chi connectivity index (χ4n) is 3.94. The lowest BCUT2D eigenvalue weighted by molar-refractivity contribution is -0.129. The topological polar surface area (TPSA) is 109 Å². The Bertz CT molecular complexity index is 1230. The number of carbonyl (C=O) groups is 3. The van der Waals surface area contributed by atoms with Gasteiger partial charge in [0.15, 0.2) is 0 Å². The number of aromatic nitrogens is 2. The monoisotopic (exact) mass is 490 g/mol. The fourth-order valence-corrected chi connectivity index (χ4v) is 3.94. The summed E-state index contributed by atoms with van der Waals surface area (Å²) in [6.45, 7) is 8.31. The van der Waals surface area contributed by atoms with E-state index in [1.54, 1.807) is 37.3 Å². The fraction of sp³-hybridized carbons (Fsp3) is 0.308. The lowest BCUT2D eigenvalue weighted by Crippen LogP contribution is -2.48. The van der Waals surface area contributed by atoms with Crippen molar-refractivity contribution in [3.63, 3.8) is 0 Å². The van der Waals surface area contributed by atoms with Crippen LogP contribution in [-0.4, -0.2) is 64.8 Å². The highest BCUT2D eigenvalue weighted by Crippen LogP contribution is 2.21. The summed E-state index contributed by atoms with van der Waals surface area (Å²) in [6, 6.07) is 15.4. The Morgan fingerprint density at radius 1 is 0.944 bits per heavy atom. The van der Waals surface area contributed by atoms with Gasteiger partial charge in [0.2, 0.25) is 5.91 Å². The molecule has 0 radical (unpaired) electrons. The summed E-state index contributed by atoms with van der Waals surface area (Å²) in [5, 5.41) is 9.58. The molecule has 2 heterocycles. The van der Waals surface area contributed by atoms with Crippen molar-refractivity contribution in [1.82, 2.24) is 14.7 Å². The summed E-state index contributed by atoms with van der Waals surface area (Å²) < 4.78 is 6.75. The number of ether oxygens (including phenoxy) is 1. The number of hydrogen-bond acceptors (Lipinski definition) is 6. The molecule has 1 aliphatic rings. The smallest absolute Gasteiger partial charge is 0.348 e. The van der Waals surface area contributed by atoms with Crippen LogP contribution in [0.1, 0.15) is 31.1 Å². The van der Waals surface area contributed by atoms with Crippen LogP contribution in [0.4, 0.5) is 22.0 Å². The summed E-state index contributed by atoms with van der Waals surface area (Å²) in [6.07, 6.45) is 1.43. The number of benzene rings is 2. The number of amides is 3. The van der Waals surface area contributed by atoms with Gasteiger partial charge in [-0.15, -0.1) is 0 Å². The van der Waals surface area contributed by atoms with Crippen LogP contribution >= 0.6 is 0 Å². The summed E-state index contributed by atoms with van der Waals surface area (Å²) in [4.78, 5) is 41.2. The molecule has 1 aromatic heterocycles. The van der Waals surface area contributed by atoms with Gasteiger partial charge in [0, 0.05) is 56.1 Å². The molecule has 1 saturated heterocycles. The molecule has 0 aliphatic carbocycles. The van der Waals surface area contributed by atoms with Crippen LogP contribution in [0.5, 0.6) is 5.75 Å². The molecule has 0 unspecified atom stereocenters. The first kappa shape index (κ1) is 24.8. The lowest BCUT2D eigenvalue weighted by Gasteiger charge is -2.35. The molecule has 1 aliphatic heterocycles. The Kier molecular flexibility index (Phi) is 7.53. The lowest BCUT2D eigenvalue weighted by atomic mass is 10.2. The molecule has 36 heavy (non-hydrogen) atoms. The minimum atomic E-state index is -0.505. The van der Waals surface area contributed by atoms with E-state index in [4.69, 9.17) is 4.74 Å². The summed E-state index contributed by atoms with van der Waals surface area (Å²) in [7, 11) is 0. The van der Waals surface area contributed by atoms with E-state index >= 15 is 0 Å². The molecule has 0 atom stereocenters. The minimum Gasteiger partial charge on any atom is -0.491 e. The van der Waals surface area contributed by atoms with Crippen molar-refractivity contribution < 1.29 is 19.1 Å². The van der Waals surface area contributed by atoms with Crippen LogP contribution < -0.4 is 20.3 Å². The van der Waals surface area contributed by atoms with Crippen LogP contribution in [0.15, 0.2) is 60.8 Å². The number of carbonyl (C=O) groups excluding carboxylic acids is 3. The average Bonchev–Trinajstić information content (AvgIpc) is 3.32. The van der Waals surface area contributed by atoms with Crippen molar-refractivity contribution in [2.45, 2.75) is 26.9 Å². The maximum Gasteiger partial charge on any atom is 0.348 e. The van der Waals surface area contributed by atoms with Crippen molar-refractivity contribution >= 4 is 35.0 Å². The van der Waals surface area contributed by atoms with Gasteiger partial charge in [-0.1, -0.05) is 6.07 Å². The van der Waals surface area contributed by atoms with Crippen LogP contribution in [0.25, 0.3) is 0 Å². The number of nitrogens with one attached hydrogen (secondary N) is 2. The quantitative estimate of drug-likeness (QED) is 0.546. The standard InChI is InChI=1S/C26H30N6O4/c1-18(2)36-23-6-4-5-20(17-23)25(34)29-24-11-12-27-32(24)26(35)28-21-7-9-22(10-8-21)31-15-13-30(14-16-31)19(3)33/h4-12,17-18H,13-16H2,1-3H3,(H,28,35)(H,29,34). The predicted octanol–water partition coefficient (Wildman–Crippen LogP) is 3.67. The third kappa shape index (κ3) is 6.01. The molecule has 10 heteroatoms. The Hall–Kier alpha value is -4.34. The number of piperazine rings is 1. The molecule has 4 rings (SSSR count). The second kappa shape index (κ2) is 10.9. The summed E-state index contributed by atoms with van der Waals surface area (Å²) in [5.74, 6) is 0.546. The van der Waals surface area contributed by atoms with Gasteiger partial charge < -0.3 is 25.2 Å². The van der Waals surface area contributed by atoms with Crippen molar-refractivity contribution in [1.29, 1.82) is 0 Å². The van der Waals surface area contributed by atoms with Gasteiger partial charge in [-0.05, 0) is 56.3 Å². The molecule has 3 aromatic rings. The van der Waals surface area contributed by atoms with Gasteiger partial charge in [-0.2, -0.15) is 9.78 Å². The molecule has 10 nitrogen and oxygen atoms in total. The molecule has 0 saturated carbocycles. The highest BCUT2D eigenvalue weighted by atomic mass is 16.5. The Balaban J connectivity index is 1.37. The van der Waals surface area contributed by atoms with Gasteiger partial charge in [0.25, 0.3) is 5.91 Å². The first-order chi connectivity index (χ1) is 17.3. The third-order valence-corrected chi connectivity index (χ3v) is 5.75. The Morgan fingerprint density at radius 2 is 1.67 bits per heavy atom. The van der Waals surface area contributed by atoms with E-state index in [1.165, 1.54) is 6.20 Å². The van der Waals surface area contributed by atoms with Gasteiger partial charge in [-0.25, -0.2) is 4.79 Å². The summed E-state index contributed by atoms with van der Waals surface area (Å²) in [5.41, 5.74) is 2.02. The Morgan fingerprint density at radius 3 is 2.33 bits per heavy atom. The number of hydrogen-bond donors (Lipinski definition) is 2. The molecule has 0 spiro atoms. The van der Waals surface area contributed by atoms with E-state index in [-0.39, 0.29) is 23.7 Å². The number of anilines is 3. The third-order valence-electron chi connectivity index (χ3n) is 5.75. The molecule has 2 N–H and O–H groups in total. The minimum absolute atomic E-state index is 0.0144. The molecular formula is C26H30N6O4. The first-order valence-corrected chi connectivity index (χ1v) is 11.8. The zero-order chi connectivity index (χ0) is 25.7. The molecular weight excluding hydrogens is 460 g/mol. The van der Waals surface area contributed by atoms with Crippen LogP contribution in [-0.2, 0) is 4.79 Å². The van der Waals surface area contributed by atoms with Gasteiger partial charge >= 0.3 is 6.03 Å². The highest BCUT2D eigenvalue weighted by Gasteiger charge is 2.19. The zero-order valence-electron chi connectivity index (χ0n) is 20.6. The van der Waals surface area contributed by atoms with E-state index in [0.717, 1.165) is 23.5 Å².